The maximum absolute atomic E-state index is 8.80. The second-order valence-corrected chi connectivity index (χ2v) is 20.3. The number of pyridine rings is 1. The maximum Gasteiger partial charge on any atom is 0.137 e. The van der Waals surface area contributed by atoms with Gasteiger partial charge in [-0.05, 0) is 110 Å². The van der Waals surface area contributed by atoms with Gasteiger partial charge < -0.3 is 14.5 Å². The lowest BCUT2D eigenvalue weighted by molar-refractivity contribution is 0.483. The summed E-state index contributed by atoms with van der Waals surface area (Å²) in [6.45, 7) is 20.5. The van der Waals surface area contributed by atoms with Crippen LogP contribution in [-0.4, -0.2) is 16.2 Å². The Morgan fingerprint density at radius 3 is 1.91 bits per heavy atom. The zero-order valence-corrected chi connectivity index (χ0v) is 38.8. The number of para-hydroxylation sites is 1. The quantitative estimate of drug-likeness (QED) is 0.160. The monoisotopic (exact) mass is 855 g/mol. The standard InChI is InChI=1S/C60H58N4O/c1-58(2,3)43-32-44(59(4,5)6)34-46(33-43)63-39-62(54-30-27-42(31-56(54)63)40-19-12-10-13-20-40)45-23-18-24-47(35-45)65-48-28-29-50-49-25-16-17-26-53(49)64(55(50)36-48)57-37-52(60(7,8)9)51(38-61-57)41-21-14-11-15-22-41/h10-38H,39H2,1-9H3/i11D,14D,15D,21D,22D. The van der Waals surface area contributed by atoms with E-state index in [0.29, 0.717) is 29.5 Å². The first-order valence-electron chi connectivity index (χ1n) is 25.0. The summed E-state index contributed by atoms with van der Waals surface area (Å²) in [6, 6.07) is 47.4. The van der Waals surface area contributed by atoms with Crippen molar-refractivity contribution in [3.05, 3.63) is 193 Å². The third-order valence-electron chi connectivity index (χ3n) is 12.6. The van der Waals surface area contributed by atoms with Crippen molar-refractivity contribution in [1.29, 1.82) is 0 Å². The minimum Gasteiger partial charge on any atom is -0.457 e. The number of hydrogen-bond acceptors (Lipinski definition) is 4. The molecule has 324 valence electrons. The molecule has 0 aliphatic carbocycles. The van der Waals surface area contributed by atoms with E-state index < -0.39 is 11.5 Å². The molecule has 0 saturated heterocycles. The summed E-state index contributed by atoms with van der Waals surface area (Å²) < 4.78 is 51.5. The van der Waals surface area contributed by atoms with E-state index in [1.54, 1.807) is 6.20 Å². The third kappa shape index (κ3) is 7.94. The first kappa shape index (κ1) is 36.3. The van der Waals surface area contributed by atoms with E-state index in [1.807, 2.05) is 36.4 Å². The van der Waals surface area contributed by atoms with E-state index in [9.17, 15) is 0 Å². The fourth-order valence-corrected chi connectivity index (χ4v) is 9.03. The van der Waals surface area contributed by atoms with Gasteiger partial charge in [0.15, 0.2) is 0 Å². The van der Waals surface area contributed by atoms with Gasteiger partial charge in [0.25, 0.3) is 0 Å². The lowest BCUT2D eigenvalue weighted by Crippen LogP contribution is -2.25. The van der Waals surface area contributed by atoms with Crippen LogP contribution in [0, 0.1) is 0 Å². The Morgan fingerprint density at radius 2 is 1.18 bits per heavy atom. The van der Waals surface area contributed by atoms with Gasteiger partial charge in [-0.15, -0.1) is 0 Å². The Kier molecular flexibility index (Phi) is 8.84. The third-order valence-corrected chi connectivity index (χ3v) is 12.6. The number of anilines is 4. The first-order valence-corrected chi connectivity index (χ1v) is 22.5. The van der Waals surface area contributed by atoms with Crippen LogP contribution in [0.1, 0.15) is 85.9 Å². The topological polar surface area (TPSA) is 33.5 Å². The zero-order valence-electron chi connectivity index (χ0n) is 43.8. The summed E-state index contributed by atoms with van der Waals surface area (Å²) in [7, 11) is 0. The lowest BCUT2D eigenvalue weighted by atomic mass is 9.80. The van der Waals surface area contributed by atoms with Crippen molar-refractivity contribution in [1.82, 2.24) is 9.55 Å². The van der Waals surface area contributed by atoms with Crippen LogP contribution in [0.2, 0.25) is 0 Å². The van der Waals surface area contributed by atoms with Gasteiger partial charge in [-0.3, -0.25) is 4.57 Å². The summed E-state index contributed by atoms with van der Waals surface area (Å²) in [5, 5.41) is 2.08. The molecule has 65 heavy (non-hydrogen) atoms. The summed E-state index contributed by atoms with van der Waals surface area (Å²) in [6.07, 6.45) is 1.65. The maximum atomic E-state index is 8.80. The van der Waals surface area contributed by atoms with Crippen LogP contribution in [-0.2, 0) is 16.2 Å². The number of rotatable bonds is 7. The predicted molar refractivity (Wildman–Crippen MR) is 274 cm³/mol. The van der Waals surface area contributed by atoms with Crippen LogP contribution in [0.4, 0.5) is 22.7 Å². The van der Waals surface area contributed by atoms with E-state index in [0.717, 1.165) is 55.7 Å². The highest BCUT2D eigenvalue weighted by Crippen LogP contribution is 2.48. The Morgan fingerprint density at radius 1 is 0.508 bits per heavy atom. The highest BCUT2D eigenvalue weighted by atomic mass is 16.5. The minimum absolute atomic E-state index is 0.0405. The molecule has 0 fully saturated rings. The molecule has 0 N–H and O–H groups in total. The van der Waals surface area contributed by atoms with Gasteiger partial charge in [-0.25, -0.2) is 4.98 Å². The Hall–Kier alpha value is -7.11. The molecule has 5 nitrogen and oxygen atoms in total. The average molecular weight is 856 g/mol. The second-order valence-electron chi connectivity index (χ2n) is 20.3. The Balaban J connectivity index is 1.05. The number of fused-ring (bicyclic) bond motifs is 4. The Bertz CT molecular complexity index is 3460. The molecule has 2 aromatic heterocycles. The van der Waals surface area contributed by atoms with Crippen LogP contribution in [0.15, 0.2) is 176 Å². The largest absolute Gasteiger partial charge is 0.457 e. The summed E-state index contributed by atoms with van der Waals surface area (Å²) in [4.78, 5) is 9.80. The highest BCUT2D eigenvalue weighted by Gasteiger charge is 2.31. The van der Waals surface area contributed by atoms with Gasteiger partial charge in [0.05, 0.1) is 29.3 Å². The Labute approximate surface area is 391 Å². The van der Waals surface area contributed by atoms with Gasteiger partial charge in [-0.1, -0.05) is 159 Å². The van der Waals surface area contributed by atoms with Gasteiger partial charge in [0.2, 0.25) is 0 Å². The first-order chi connectivity index (χ1) is 33.2. The predicted octanol–water partition coefficient (Wildman–Crippen LogP) is 16.4. The molecule has 0 bridgehead atoms. The van der Waals surface area contributed by atoms with Crippen LogP contribution >= 0.6 is 0 Å². The number of nitrogens with zero attached hydrogens (tertiary/aromatic N) is 4. The number of benzene rings is 7. The number of ether oxygens (including phenoxy) is 1. The summed E-state index contributed by atoms with van der Waals surface area (Å²) in [5.74, 6) is 1.99. The molecular weight excluding hydrogens is 793 g/mol. The van der Waals surface area contributed by atoms with Crippen LogP contribution in [0.3, 0.4) is 0 Å². The van der Waals surface area contributed by atoms with E-state index in [4.69, 9.17) is 16.6 Å². The van der Waals surface area contributed by atoms with Crippen molar-refractivity contribution in [3.8, 4) is 39.6 Å². The molecule has 0 unspecified atom stereocenters. The van der Waals surface area contributed by atoms with Gasteiger partial charge >= 0.3 is 0 Å². The van der Waals surface area contributed by atoms with E-state index in [2.05, 4.69) is 180 Å². The smallest absolute Gasteiger partial charge is 0.137 e. The van der Waals surface area contributed by atoms with E-state index in [1.165, 1.54) is 16.7 Å². The van der Waals surface area contributed by atoms with E-state index in [-0.39, 0.29) is 40.6 Å². The molecule has 10 rings (SSSR count). The van der Waals surface area contributed by atoms with Crippen molar-refractivity contribution < 1.29 is 11.6 Å². The van der Waals surface area contributed by atoms with Crippen molar-refractivity contribution >= 4 is 44.6 Å². The minimum atomic E-state index is -0.475. The normalized spacial score (nSPS) is 14.3. The van der Waals surface area contributed by atoms with Crippen LogP contribution in [0.5, 0.6) is 11.5 Å². The van der Waals surface area contributed by atoms with Gasteiger partial charge in [-0.2, -0.15) is 0 Å². The fraction of sp³-hybridized carbons (Fsp3) is 0.217. The molecule has 1 aliphatic rings. The second kappa shape index (κ2) is 15.8. The molecule has 3 heterocycles. The molecule has 7 aromatic carbocycles. The molecule has 9 aromatic rings. The molecule has 0 atom stereocenters. The fourth-order valence-electron chi connectivity index (χ4n) is 9.03. The van der Waals surface area contributed by atoms with Crippen molar-refractivity contribution in [2.45, 2.75) is 78.6 Å². The SMILES string of the molecule is [2H]c1c([2H])c([2H])c(-c2cnc(-n3c4ccccc4c4ccc(Oc5cccc(N6CN(c7cc(C(C)(C)C)cc(C(C)(C)C)c7)c7cc(-c8ccccc8)ccc76)c5)cc43)cc2C(C)(C)C)c([2H])c1[2H]. The molecule has 0 amide bonds. The highest BCUT2D eigenvalue weighted by molar-refractivity contribution is 6.09. The van der Waals surface area contributed by atoms with Crippen molar-refractivity contribution in [3.63, 3.8) is 0 Å². The van der Waals surface area contributed by atoms with Crippen molar-refractivity contribution in [2.24, 2.45) is 0 Å². The van der Waals surface area contributed by atoms with Crippen LogP contribution in [0.25, 0.3) is 49.9 Å². The summed E-state index contributed by atoms with van der Waals surface area (Å²) in [5.41, 5.74) is 12.1. The molecule has 5 heteroatoms. The average Bonchev–Trinajstić information content (AvgIpc) is 3.88. The number of aromatic nitrogens is 2. The number of hydrogen-bond donors (Lipinski definition) is 0. The lowest BCUT2D eigenvalue weighted by Gasteiger charge is -2.29. The molecule has 1 aliphatic heterocycles. The molecule has 0 radical (unpaired) electrons. The van der Waals surface area contributed by atoms with Gasteiger partial charge in [0, 0.05) is 46.0 Å². The zero-order chi connectivity index (χ0) is 49.6. The van der Waals surface area contributed by atoms with E-state index >= 15 is 0 Å². The summed E-state index contributed by atoms with van der Waals surface area (Å²) >= 11 is 0. The molecular formula is C60H58N4O. The van der Waals surface area contributed by atoms with Gasteiger partial charge in [0.1, 0.15) is 24.0 Å². The molecule has 0 spiro atoms. The van der Waals surface area contributed by atoms with Crippen LogP contribution < -0.4 is 14.5 Å². The molecule has 0 saturated carbocycles. The van der Waals surface area contributed by atoms with Crippen molar-refractivity contribution in [2.75, 3.05) is 16.5 Å².